The van der Waals surface area contributed by atoms with E-state index < -0.39 is 38.6 Å². The first-order valence-electron chi connectivity index (χ1n) is 10.8. The second kappa shape index (κ2) is 11.9. The number of hydrogen-bond acceptors (Lipinski definition) is 9. The van der Waals surface area contributed by atoms with Crippen LogP contribution in [-0.4, -0.2) is 22.3 Å². The molecule has 12 nitrogen and oxygen atoms in total. The molecule has 3 aromatic carbocycles. The zero-order valence-corrected chi connectivity index (χ0v) is 19.5. The van der Waals surface area contributed by atoms with E-state index in [1.54, 1.807) is 12.1 Å². The number of amides is 1. The number of anilines is 2. The number of nitro groups is 2. The van der Waals surface area contributed by atoms with Crippen molar-refractivity contribution in [1.29, 1.82) is 5.26 Å². The van der Waals surface area contributed by atoms with Gasteiger partial charge >= 0.3 is 11.4 Å². The minimum Gasteiger partial charge on any atom is -0.366 e. The Balaban J connectivity index is 2.01. The highest BCUT2D eigenvalue weighted by molar-refractivity contribution is 5.93. The lowest BCUT2D eigenvalue weighted by Crippen LogP contribution is -2.23. The van der Waals surface area contributed by atoms with Crippen LogP contribution in [0.3, 0.4) is 0 Å². The lowest BCUT2D eigenvalue weighted by molar-refractivity contribution is -0.395. The van der Waals surface area contributed by atoms with Gasteiger partial charge in [-0.3, -0.25) is 25.0 Å². The smallest absolute Gasteiger partial charge is 0.311 e. The van der Waals surface area contributed by atoms with E-state index in [-0.39, 0.29) is 17.8 Å². The van der Waals surface area contributed by atoms with Crippen LogP contribution in [0.1, 0.15) is 18.9 Å². The molecule has 1 amide bonds. The molecule has 13 heteroatoms. The fraction of sp³-hybridized carbons (Fsp3) is 0.167. The van der Waals surface area contributed by atoms with Crippen LogP contribution < -0.4 is 10.2 Å². The highest BCUT2D eigenvalue weighted by atomic mass is 19.1. The molecule has 0 bridgehead atoms. The molecule has 0 radical (unpaired) electrons. The van der Waals surface area contributed by atoms with E-state index in [4.69, 9.17) is 5.26 Å². The van der Waals surface area contributed by atoms with E-state index in [1.807, 2.05) is 35.2 Å². The Hall–Kier alpha value is -5.25. The van der Waals surface area contributed by atoms with Crippen molar-refractivity contribution in [1.82, 2.24) is 0 Å². The van der Waals surface area contributed by atoms with Gasteiger partial charge in [-0.15, -0.1) is 10.2 Å². The summed E-state index contributed by atoms with van der Waals surface area (Å²) in [5, 5.41) is 41.7. The average Bonchev–Trinajstić information content (AvgIpc) is 2.85. The second-order valence-electron chi connectivity index (χ2n) is 7.70. The number of hydrogen-bond donors (Lipinski definition) is 1. The second-order valence-corrected chi connectivity index (χ2v) is 7.70. The molecule has 3 rings (SSSR count). The predicted octanol–water partition coefficient (Wildman–Crippen LogP) is 5.94. The van der Waals surface area contributed by atoms with Crippen molar-refractivity contribution in [3.63, 3.8) is 0 Å². The van der Waals surface area contributed by atoms with Crippen LogP contribution in [0.2, 0.25) is 0 Å². The molecule has 0 fully saturated rings. The average molecular weight is 505 g/mol. The minimum absolute atomic E-state index is 0.104. The van der Waals surface area contributed by atoms with Gasteiger partial charge in [-0.2, -0.15) is 9.65 Å². The van der Waals surface area contributed by atoms with E-state index >= 15 is 0 Å². The minimum atomic E-state index is -1.31. The third-order valence-corrected chi connectivity index (χ3v) is 5.07. The monoisotopic (exact) mass is 505 g/mol. The van der Waals surface area contributed by atoms with Crippen LogP contribution in [0.4, 0.5) is 38.5 Å². The van der Waals surface area contributed by atoms with Gasteiger partial charge in [-0.25, -0.2) is 0 Å². The number of nitrogens with one attached hydrogen (secondary N) is 1. The molecule has 0 spiro atoms. The Kier molecular flexibility index (Phi) is 8.50. The first-order chi connectivity index (χ1) is 17.7. The van der Waals surface area contributed by atoms with Crippen LogP contribution in [0, 0.1) is 37.4 Å². The molecule has 0 atom stereocenters. The van der Waals surface area contributed by atoms with Crippen molar-refractivity contribution < 1.29 is 19.0 Å². The van der Waals surface area contributed by atoms with Crippen LogP contribution in [0.15, 0.2) is 70.9 Å². The summed E-state index contributed by atoms with van der Waals surface area (Å²) < 4.78 is 14.1. The summed E-state index contributed by atoms with van der Waals surface area (Å²) in [7, 11) is 0. The van der Waals surface area contributed by atoms with Crippen molar-refractivity contribution in [3.05, 3.63) is 92.3 Å². The highest BCUT2D eigenvalue weighted by Gasteiger charge is 2.25. The fourth-order valence-corrected chi connectivity index (χ4v) is 3.40. The number of carbonyl (C=O) groups is 1. The van der Waals surface area contributed by atoms with Gasteiger partial charge in [0.15, 0.2) is 5.69 Å². The maximum atomic E-state index is 14.1. The molecule has 3 aromatic rings. The van der Waals surface area contributed by atoms with Crippen molar-refractivity contribution in [3.8, 4) is 6.07 Å². The number of carbonyl (C=O) groups excluding carboxylic acids is 1. The maximum Gasteiger partial charge on any atom is 0.311 e. The van der Waals surface area contributed by atoms with Gasteiger partial charge < -0.3 is 10.2 Å². The normalized spacial score (nSPS) is 10.6. The highest BCUT2D eigenvalue weighted by Crippen LogP contribution is 2.37. The summed E-state index contributed by atoms with van der Waals surface area (Å²) in [6.45, 7) is 2.17. The Morgan fingerprint density at radius 3 is 2.32 bits per heavy atom. The number of rotatable bonds is 10. The standard InChI is InChI=1S/C24H20FN7O5/c1-16(33)27-21-12-18(30(11-5-10-26)15-17-6-3-2-4-7-17)8-9-20(21)28-29-22-13-19(25)23(31(34)35)14-24(22)32(36)37/h2-4,6-9,12-14H,5,11,15H2,1H3,(H,27,33). The van der Waals surface area contributed by atoms with Gasteiger partial charge in [0.25, 0.3) is 0 Å². The Morgan fingerprint density at radius 2 is 1.70 bits per heavy atom. The van der Waals surface area contributed by atoms with E-state index in [0.717, 1.165) is 5.56 Å². The number of halogens is 1. The lowest BCUT2D eigenvalue weighted by Gasteiger charge is -2.25. The fourth-order valence-electron chi connectivity index (χ4n) is 3.40. The molecule has 0 saturated carbocycles. The predicted molar refractivity (Wildman–Crippen MR) is 132 cm³/mol. The Morgan fingerprint density at radius 1 is 1.03 bits per heavy atom. The topological polar surface area (TPSA) is 167 Å². The zero-order valence-electron chi connectivity index (χ0n) is 19.5. The van der Waals surface area contributed by atoms with Gasteiger partial charge in [0.1, 0.15) is 5.69 Å². The first kappa shape index (κ1) is 26.4. The van der Waals surface area contributed by atoms with Gasteiger partial charge in [0.05, 0.1) is 34.1 Å². The Labute approximate surface area is 210 Å². The largest absolute Gasteiger partial charge is 0.366 e. The van der Waals surface area contributed by atoms with E-state index in [2.05, 4.69) is 21.6 Å². The van der Waals surface area contributed by atoms with Crippen LogP contribution >= 0.6 is 0 Å². The maximum absolute atomic E-state index is 14.1. The van der Waals surface area contributed by atoms with E-state index in [9.17, 15) is 29.4 Å². The van der Waals surface area contributed by atoms with Crippen molar-refractivity contribution in [2.45, 2.75) is 19.9 Å². The quantitative estimate of drug-likeness (QED) is 0.202. The molecule has 0 saturated heterocycles. The number of nitrogens with zero attached hydrogens (tertiary/aromatic N) is 6. The molecule has 1 N–H and O–H groups in total. The summed E-state index contributed by atoms with van der Waals surface area (Å²) in [6, 6.07) is 17.5. The Bertz CT molecular complexity index is 1410. The SMILES string of the molecule is CC(=O)Nc1cc(N(CCC#N)Cc2ccccc2)ccc1N=Nc1cc(F)c([N+](=O)[O-])cc1[N+](=O)[O-]. The van der Waals surface area contributed by atoms with Crippen LogP contribution in [0.25, 0.3) is 0 Å². The molecular formula is C24H20FN7O5. The summed E-state index contributed by atoms with van der Waals surface area (Å²) in [5.74, 6) is -1.73. The summed E-state index contributed by atoms with van der Waals surface area (Å²) >= 11 is 0. The lowest BCUT2D eigenvalue weighted by atomic mass is 10.1. The van der Waals surface area contributed by atoms with Gasteiger partial charge in [0, 0.05) is 31.8 Å². The van der Waals surface area contributed by atoms with Crippen molar-refractivity contribution in [2.24, 2.45) is 10.2 Å². The third-order valence-electron chi connectivity index (χ3n) is 5.07. The van der Waals surface area contributed by atoms with Crippen molar-refractivity contribution in [2.75, 3.05) is 16.8 Å². The number of nitriles is 1. The molecular weight excluding hydrogens is 485 g/mol. The molecule has 0 aliphatic heterocycles. The molecule has 0 aromatic heterocycles. The molecule has 0 aliphatic rings. The van der Waals surface area contributed by atoms with Crippen LogP contribution in [-0.2, 0) is 11.3 Å². The molecule has 188 valence electrons. The molecule has 0 aliphatic carbocycles. The summed E-state index contributed by atoms with van der Waals surface area (Å²) in [6.07, 6.45) is 0.249. The van der Waals surface area contributed by atoms with Crippen molar-refractivity contribution >= 4 is 40.0 Å². The number of benzene rings is 3. The molecule has 0 unspecified atom stereocenters. The number of nitro benzene ring substituents is 2. The number of azo groups is 1. The zero-order chi connectivity index (χ0) is 26.9. The summed E-state index contributed by atoms with van der Waals surface area (Å²) in [5.41, 5.74) is -0.428. The molecule has 37 heavy (non-hydrogen) atoms. The first-order valence-corrected chi connectivity index (χ1v) is 10.8. The summed E-state index contributed by atoms with van der Waals surface area (Å²) in [4.78, 5) is 34.0. The van der Waals surface area contributed by atoms with E-state index in [0.29, 0.717) is 30.9 Å². The van der Waals surface area contributed by atoms with Gasteiger partial charge in [-0.1, -0.05) is 30.3 Å². The van der Waals surface area contributed by atoms with Crippen LogP contribution in [0.5, 0.6) is 0 Å². The van der Waals surface area contributed by atoms with E-state index in [1.165, 1.54) is 13.0 Å². The third kappa shape index (κ3) is 6.89. The van der Waals surface area contributed by atoms with Gasteiger partial charge in [0.2, 0.25) is 11.7 Å². The molecule has 0 heterocycles. The van der Waals surface area contributed by atoms with Gasteiger partial charge in [-0.05, 0) is 23.8 Å².